The van der Waals surface area contributed by atoms with Crippen LogP contribution in [-0.2, 0) is 0 Å². The van der Waals surface area contributed by atoms with Crippen molar-refractivity contribution in [1.82, 2.24) is 5.43 Å². The number of hydrogen-bond acceptors (Lipinski definition) is 3. The molecule has 0 saturated carbocycles. The van der Waals surface area contributed by atoms with Gasteiger partial charge in [-0.3, -0.25) is 0 Å². The maximum atomic E-state index is 5.63. The molecule has 0 saturated heterocycles. The van der Waals surface area contributed by atoms with Gasteiger partial charge in [0.25, 0.3) is 0 Å². The van der Waals surface area contributed by atoms with E-state index in [0.717, 1.165) is 11.1 Å². The number of nitrogens with one attached hydrogen (secondary N) is 1. The van der Waals surface area contributed by atoms with Crippen LogP contribution in [0.2, 0.25) is 0 Å². The zero-order valence-electron chi connectivity index (χ0n) is 7.96. The van der Waals surface area contributed by atoms with E-state index in [1.54, 1.807) is 0 Å². The lowest BCUT2D eigenvalue weighted by molar-refractivity contribution is 0.870. The van der Waals surface area contributed by atoms with Gasteiger partial charge in [0, 0.05) is 0 Å². The molecule has 0 bridgehead atoms. The predicted octanol–water partition coefficient (Wildman–Crippen LogP) is 1.11. The van der Waals surface area contributed by atoms with Crippen molar-refractivity contribution in [1.29, 1.82) is 0 Å². The first kappa shape index (κ1) is 9.61. The predicted molar refractivity (Wildman–Crippen MR) is 55.3 cm³/mol. The van der Waals surface area contributed by atoms with Crippen LogP contribution in [0.15, 0.2) is 30.1 Å². The molecule has 0 aromatic heterocycles. The van der Waals surface area contributed by atoms with E-state index in [1.807, 2.05) is 38.1 Å². The number of aryl methyl sites for hydroxylation is 1. The molecule has 13 heavy (non-hydrogen) atoms. The smallest absolute Gasteiger partial charge is 0.114 e. The monoisotopic (exact) mass is 177 g/mol. The van der Waals surface area contributed by atoms with E-state index in [4.69, 9.17) is 11.6 Å². The van der Waals surface area contributed by atoms with E-state index in [2.05, 4.69) is 5.43 Å². The van der Waals surface area contributed by atoms with E-state index >= 15 is 0 Å². The molecule has 0 atom stereocenters. The first-order chi connectivity index (χ1) is 6.15. The van der Waals surface area contributed by atoms with E-state index in [9.17, 15) is 0 Å². The highest BCUT2D eigenvalue weighted by Crippen LogP contribution is 2.14. The third-order valence-electron chi connectivity index (χ3n) is 2.04. The van der Waals surface area contributed by atoms with E-state index in [0.29, 0.717) is 5.82 Å². The second-order valence-corrected chi connectivity index (χ2v) is 3.05. The van der Waals surface area contributed by atoms with Gasteiger partial charge in [-0.2, -0.15) is 0 Å². The average molecular weight is 177 g/mol. The summed E-state index contributed by atoms with van der Waals surface area (Å²) in [7, 11) is 0. The van der Waals surface area contributed by atoms with Gasteiger partial charge in [-0.05, 0) is 25.0 Å². The molecule has 0 heterocycles. The fourth-order valence-corrected chi connectivity index (χ4v) is 1.07. The zero-order valence-corrected chi connectivity index (χ0v) is 7.96. The Hall–Kier alpha value is -1.48. The number of rotatable bonds is 2. The molecule has 0 aliphatic heterocycles. The highest BCUT2D eigenvalue weighted by molar-refractivity contribution is 5.65. The summed E-state index contributed by atoms with van der Waals surface area (Å²) >= 11 is 0. The summed E-state index contributed by atoms with van der Waals surface area (Å²) in [6, 6.07) is 8.13. The Kier molecular flexibility index (Phi) is 2.93. The van der Waals surface area contributed by atoms with Crippen molar-refractivity contribution in [2.45, 2.75) is 13.8 Å². The summed E-state index contributed by atoms with van der Waals surface area (Å²) in [5.74, 6) is 5.71. The fraction of sp³-hybridized carbons (Fsp3) is 0.200. The molecule has 0 radical (unpaired) electrons. The number of nitrogens with two attached hydrogens (primary N) is 2. The molecular weight excluding hydrogens is 162 g/mol. The highest BCUT2D eigenvalue weighted by atomic mass is 15.3. The molecule has 1 aromatic rings. The van der Waals surface area contributed by atoms with Gasteiger partial charge in [-0.25, -0.2) is 5.84 Å². The van der Waals surface area contributed by atoms with Crippen LogP contribution in [0.4, 0.5) is 0 Å². The molecule has 1 aromatic carbocycles. The SMILES string of the molecule is C/C(=C(/N)NN)c1ccc(C)cc1. The van der Waals surface area contributed by atoms with Crippen LogP contribution in [0.1, 0.15) is 18.1 Å². The Morgan fingerprint density at radius 3 is 2.23 bits per heavy atom. The third-order valence-corrected chi connectivity index (χ3v) is 2.04. The van der Waals surface area contributed by atoms with Gasteiger partial charge in [-0.1, -0.05) is 29.8 Å². The van der Waals surface area contributed by atoms with Gasteiger partial charge >= 0.3 is 0 Å². The van der Waals surface area contributed by atoms with Gasteiger partial charge in [0.15, 0.2) is 0 Å². The third kappa shape index (κ3) is 2.23. The van der Waals surface area contributed by atoms with Crippen molar-refractivity contribution in [2.75, 3.05) is 0 Å². The fourth-order valence-electron chi connectivity index (χ4n) is 1.07. The summed E-state index contributed by atoms with van der Waals surface area (Å²) in [5.41, 5.74) is 11.3. The van der Waals surface area contributed by atoms with Gasteiger partial charge in [0.2, 0.25) is 0 Å². The number of benzene rings is 1. The van der Waals surface area contributed by atoms with Gasteiger partial charge < -0.3 is 11.2 Å². The van der Waals surface area contributed by atoms with Crippen LogP contribution in [-0.4, -0.2) is 0 Å². The molecule has 0 unspecified atom stereocenters. The van der Waals surface area contributed by atoms with Crippen LogP contribution in [0, 0.1) is 6.92 Å². The molecule has 5 N–H and O–H groups in total. The van der Waals surface area contributed by atoms with Gasteiger partial charge in [0.05, 0.1) is 0 Å². The van der Waals surface area contributed by atoms with E-state index in [1.165, 1.54) is 5.56 Å². The standard InChI is InChI=1S/C10H15N3/c1-7-3-5-9(6-4-7)8(2)10(11)13-12/h3-6,13H,11-12H2,1-2H3/b10-8+. The molecule has 0 spiro atoms. The van der Waals surface area contributed by atoms with Gasteiger partial charge in [0.1, 0.15) is 5.82 Å². The minimum absolute atomic E-state index is 0.504. The molecular formula is C10H15N3. The molecule has 0 aliphatic rings. The molecule has 70 valence electrons. The number of allylic oxidation sites excluding steroid dienone is 1. The van der Waals surface area contributed by atoms with E-state index < -0.39 is 0 Å². The summed E-state index contributed by atoms with van der Waals surface area (Å²) in [6.07, 6.45) is 0. The van der Waals surface area contributed by atoms with E-state index in [-0.39, 0.29) is 0 Å². The lowest BCUT2D eigenvalue weighted by atomic mass is 10.1. The normalized spacial score (nSPS) is 12.2. The molecule has 0 aliphatic carbocycles. The number of hydrogen-bond donors (Lipinski definition) is 3. The lowest BCUT2D eigenvalue weighted by Gasteiger charge is -2.06. The Labute approximate surface area is 78.4 Å². The van der Waals surface area contributed by atoms with Crippen molar-refractivity contribution in [3.63, 3.8) is 0 Å². The first-order valence-electron chi connectivity index (χ1n) is 4.15. The Morgan fingerprint density at radius 1 is 1.23 bits per heavy atom. The first-order valence-corrected chi connectivity index (χ1v) is 4.15. The summed E-state index contributed by atoms with van der Waals surface area (Å²) in [6.45, 7) is 3.98. The summed E-state index contributed by atoms with van der Waals surface area (Å²) < 4.78 is 0. The van der Waals surface area contributed by atoms with Crippen molar-refractivity contribution in [3.8, 4) is 0 Å². The Morgan fingerprint density at radius 2 is 1.77 bits per heavy atom. The largest absolute Gasteiger partial charge is 0.384 e. The molecule has 0 fully saturated rings. The Balaban J connectivity index is 3.02. The van der Waals surface area contributed by atoms with Crippen LogP contribution in [0.25, 0.3) is 5.57 Å². The molecule has 3 heteroatoms. The Bertz CT molecular complexity index is 311. The maximum Gasteiger partial charge on any atom is 0.114 e. The van der Waals surface area contributed by atoms with Gasteiger partial charge in [-0.15, -0.1) is 0 Å². The summed E-state index contributed by atoms with van der Waals surface area (Å²) in [5, 5.41) is 0. The van der Waals surface area contributed by atoms with Crippen molar-refractivity contribution < 1.29 is 0 Å². The van der Waals surface area contributed by atoms with Crippen molar-refractivity contribution in [3.05, 3.63) is 41.2 Å². The summed E-state index contributed by atoms with van der Waals surface area (Å²) in [4.78, 5) is 0. The average Bonchev–Trinajstić information content (AvgIpc) is 2.17. The minimum Gasteiger partial charge on any atom is -0.384 e. The maximum absolute atomic E-state index is 5.63. The lowest BCUT2D eigenvalue weighted by Crippen LogP contribution is -2.27. The quantitative estimate of drug-likeness (QED) is 0.468. The second-order valence-electron chi connectivity index (χ2n) is 3.05. The molecule has 0 amide bonds. The van der Waals surface area contributed by atoms with Crippen LogP contribution < -0.4 is 17.0 Å². The minimum atomic E-state index is 0.504. The van der Waals surface area contributed by atoms with Crippen LogP contribution >= 0.6 is 0 Å². The molecule has 3 nitrogen and oxygen atoms in total. The topological polar surface area (TPSA) is 64.1 Å². The molecule has 1 rings (SSSR count). The van der Waals surface area contributed by atoms with Crippen LogP contribution in [0.3, 0.4) is 0 Å². The second kappa shape index (κ2) is 3.96. The van der Waals surface area contributed by atoms with Crippen molar-refractivity contribution in [2.24, 2.45) is 11.6 Å². The zero-order chi connectivity index (χ0) is 9.84. The van der Waals surface area contributed by atoms with Crippen LogP contribution in [0.5, 0.6) is 0 Å². The highest BCUT2D eigenvalue weighted by Gasteiger charge is 1.98. The van der Waals surface area contributed by atoms with Crippen molar-refractivity contribution >= 4 is 5.57 Å². The number of hydrazine groups is 1.